The van der Waals surface area contributed by atoms with E-state index in [-0.39, 0.29) is 0 Å². The van der Waals surface area contributed by atoms with E-state index in [2.05, 4.69) is 13.8 Å². The van der Waals surface area contributed by atoms with E-state index in [0.29, 0.717) is 23.0 Å². The summed E-state index contributed by atoms with van der Waals surface area (Å²) in [5.74, 6) is 0.401. The number of epoxide rings is 1. The Kier molecular flexibility index (Phi) is 3.27. The van der Waals surface area contributed by atoms with Gasteiger partial charge in [-0.1, -0.05) is 19.1 Å². The van der Waals surface area contributed by atoms with Crippen LogP contribution >= 0.6 is 0 Å². The van der Waals surface area contributed by atoms with E-state index >= 15 is 0 Å². The molecule has 1 heterocycles. The van der Waals surface area contributed by atoms with Crippen molar-refractivity contribution >= 4 is 9.84 Å². The summed E-state index contributed by atoms with van der Waals surface area (Å²) in [6.07, 6.45) is 2.98. The van der Waals surface area contributed by atoms with E-state index in [1.54, 1.807) is 12.1 Å². The minimum absolute atomic E-state index is 0.375. The molecule has 3 atom stereocenters. The predicted molar refractivity (Wildman–Crippen MR) is 66.9 cm³/mol. The van der Waals surface area contributed by atoms with Crippen molar-refractivity contribution in [2.45, 2.75) is 43.3 Å². The summed E-state index contributed by atoms with van der Waals surface area (Å²) >= 11 is 0. The number of benzene rings is 1. The lowest BCUT2D eigenvalue weighted by atomic mass is 9.96. The molecule has 1 aromatic carbocycles. The monoisotopic (exact) mass is 254 g/mol. The topological polar surface area (TPSA) is 46.7 Å². The number of ether oxygens (including phenoxy) is 1. The molecule has 0 aromatic heterocycles. The maximum atomic E-state index is 11.3. The SMILES string of the molecule is CC(CC1OC1C)c1ccc(S(C)(=O)=O)cc1. The van der Waals surface area contributed by atoms with Crippen molar-refractivity contribution in [3.05, 3.63) is 29.8 Å². The lowest BCUT2D eigenvalue weighted by Crippen LogP contribution is -2.01. The van der Waals surface area contributed by atoms with E-state index < -0.39 is 9.84 Å². The fraction of sp³-hybridized carbons (Fsp3) is 0.538. The van der Waals surface area contributed by atoms with Crippen molar-refractivity contribution in [2.75, 3.05) is 6.26 Å². The van der Waals surface area contributed by atoms with E-state index in [9.17, 15) is 8.42 Å². The largest absolute Gasteiger partial charge is 0.370 e. The first-order valence-corrected chi connectivity index (χ1v) is 7.72. The maximum absolute atomic E-state index is 11.3. The van der Waals surface area contributed by atoms with Crippen LogP contribution < -0.4 is 0 Å². The van der Waals surface area contributed by atoms with Crippen molar-refractivity contribution in [1.82, 2.24) is 0 Å². The zero-order chi connectivity index (χ0) is 12.6. The van der Waals surface area contributed by atoms with Gasteiger partial charge in [0, 0.05) is 6.26 Å². The zero-order valence-corrected chi connectivity index (χ0v) is 11.2. The molecule has 2 rings (SSSR count). The van der Waals surface area contributed by atoms with Crippen LogP contribution in [0.2, 0.25) is 0 Å². The average Bonchev–Trinajstić information content (AvgIpc) is 2.93. The van der Waals surface area contributed by atoms with Crippen LogP contribution in [0, 0.1) is 0 Å². The normalized spacial score (nSPS) is 25.6. The molecule has 1 aliphatic heterocycles. The number of sulfone groups is 1. The molecule has 3 unspecified atom stereocenters. The minimum Gasteiger partial charge on any atom is -0.370 e. The molecule has 3 nitrogen and oxygen atoms in total. The first-order chi connectivity index (χ1) is 7.88. The number of rotatable bonds is 4. The van der Waals surface area contributed by atoms with Crippen molar-refractivity contribution < 1.29 is 13.2 Å². The Labute approximate surface area is 103 Å². The Morgan fingerprint density at radius 2 is 1.82 bits per heavy atom. The molecule has 0 aliphatic carbocycles. The Hall–Kier alpha value is -0.870. The van der Waals surface area contributed by atoms with Crippen molar-refractivity contribution in [3.8, 4) is 0 Å². The van der Waals surface area contributed by atoms with Crippen LogP contribution in [0.3, 0.4) is 0 Å². The third-order valence-electron chi connectivity index (χ3n) is 3.30. The van der Waals surface area contributed by atoms with Gasteiger partial charge in [-0.15, -0.1) is 0 Å². The highest BCUT2D eigenvalue weighted by atomic mass is 32.2. The van der Waals surface area contributed by atoms with Gasteiger partial charge in [-0.05, 0) is 37.0 Å². The van der Waals surface area contributed by atoms with E-state index in [1.165, 1.54) is 11.8 Å². The highest BCUT2D eigenvalue weighted by Gasteiger charge is 2.35. The highest BCUT2D eigenvalue weighted by molar-refractivity contribution is 7.90. The van der Waals surface area contributed by atoms with Gasteiger partial charge in [0.05, 0.1) is 17.1 Å². The Bertz CT molecular complexity index is 490. The summed E-state index contributed by atoms with van der Waals surface area (Å²) in [7, 11) is -3.09. The van der Waals surface area contributed by atoms with Crippen LogP contribution in [-0.2, 0) is 14.6 Å². The van der Waals surface area contributed by atoms with E-state index in [4.69, 9.17) is 4.74 Å². The van der Waals surface area contributed by atoms with Gasteiger partial charge in [0.1, 0.15) is 0 Å². The fourth-order valence-corrected chi connectivity index (χ4v) is 2.64. The second-order valence-electron chi connectivity index (χ2n) is 4.86. The molecule has 1 aromatic rings. The van der Waals surface area contributed by atoms with Gasteiger partial charge in [-0.25, -0.2) is 8.42 Å². The van der Waals surface area contributed by atoms with Gasteiger partial charge in [0.2, 0.25) is 0 Å². The summed E-state index contributed by atoms with van der Waals surface area (Å²) < 4.78 is 28.0. The molecule has 0 saturated carbocycles. The minimum atomic E-state index is -3.09. The molecule has 0 radical (unpaired) electrons. The van der Waals surface area contributed by atoms with Crippen molar-refractivity contribution in [3.63, 3.8) is 0 Å². The molecule has 0 bridgehead atoms. The third kappa shape index (κ3) is 3.07. The van der Waals surface area contributed by atoms with Crippen LogP contribution in [0.1, 0.15) is 31.7 Å². The highest BCUT2D eigenvalue weighted by Crippen LogP contribution is 2.32. The first kappa shape index (κ1) is 12.6. The lowest BCUT2D eigenvalue weighted by molar-refractivity contribution is 0.362. The summed E-state index contributed by atoms with van der Waals surface area (Å²) in [6.45, 7) is 4.22. The van der Waals surface area contributed by atoms with Crippen molar-refractivity contribution in [1.29, 1.82) is 0 Å². The standard InChI is InChI=1S/C13H18O3S/c1-9(8-13-10(2)16-13)11-4-6-12(7-5-11)17(3,14)15/h4-7,9-10,13H,8H2,1-3H3. The predicted octanol–water partition coefficient (Wildman–Crippen LogP) is 2.37. The van der Waals surface area contributed by atoms with Gasteiger partial charge in [-0.3, -0.25) is 0 Å². The summed E-state index contributed by atoms with van der Waals surface area (Å²) in [5.41, 5.74) is 1.17. The molecule has 0 spiro atoms. The molecular formula is C13H18O3S. The maximum Gasteiger partial charge on any atom is 0.175 e. The quantitative estimate of drug-likeness (QED) is 0.775. The summed E-state index contributed by atoms with van der Waals surface area (Å²) in [6, 6.07) is 7.15. The molecule has 0 N–H and O–H groups in total. The molecular weight excluding hydrogens is 236 g/mol. The van der Waals surface area contributed by atoms with Crippen LogP contribution in [-0.4, -0.2) is 26.9 Å². The van der Waals surface area contributed by atoms with E-state index in [1.807, 2.05) is 12.1 Å². The molecule has 94 valence electrons. The van der Waals surface area contributed by atoms with E-state index in [0.717, 1.165) is 6.42 Å². The van der Waals surface area contributed by atoms with Gasteiger partial charge in [-0.2, -0.15) is 0 Å². The smallest absolute Gasteiger partial charge is 0.175 e. The number of hydrogen-bond donors (Lipinski definition) is 0. The third-order valence-corrected chi connectivity index (χ3v) is 4.43. The Morgan fingerprint density at radius 3 is 2.24 bits per heavy atom. The second-order valence-corrected chi connectivity index (χ2v) is 6.87. The van der Waals surface area contributed by atoms with Gasteiger partial charge < -0.3 is 4.74 Å². The molecule has 4 heteroatoms. The van der Waals surface area contributed by atoms with Crippen LogP contribution in [0.25, 0.3) is 0 Å². The van der Waals surface area contributed by atoms with Crippen LogP contribution in [0.4, 0.5) is 0 Å². The Balaban J connectivity index is 2.07. The van der Waals surface area contributed by atoms with Gasteiger partial charge >= 0.3 is 0 Å². The lowest BCUT2D eigenvalue weighted by Gasteiger charge is -2.10. The number of hydrogen-bond acceptors (Lipinski definition) is 3. The van der Waals surface area contributed by atoms with Gasteiger partial charge in [0.15, 0.2) is 9.84 Å². The molecule has 1 aliphatic rings. The Morgan fingerprint density at radius 1 is 1.29 bits per heavy atom. The van der Waals surface area contributed by atoms with Crippen molar-refractivity contribution in [2.24, 2.45) is 0 Å². The van der Waals surface area contributed by atoms with Crippen LogP contribution in [0.15, 0.2) is 29.2 Å². The van der Waals surface area contributed by atoms with Crippen LogP contribution in [0.5, 0.6) is 0 Å². The second kappa shape index (κ2) is 4.42. The first-order valence-electron chi connectivity index (χ1n) is 5.83. The average molecular weight is 254 g/mol. The molecule has 1 saturated heterocycles. The summed E-state index contributed by atoms with van der Waals surface area (Å²) in [5, 5.41) is 0. The zero-order valence-electron chi connectivity index (χ0n) is 10.4. The molecule has 0 amide bonds. The molecule has 1 fully saturated rings. The molecule has 17 heavy (non-hydrogen) atoms. The van der Waals surface area contributed by atoms with Gasteiger partial charge in [0.25, 0.3) is 0 Å². The summed E-state index contributed by atoms with van der Waals surface area (Å²) in [4.78, 5) is 0.379. The fourth-order valence-electron chi connectivity index (χ4n) is 2.01.